The molecule has 1 amide bonds. The maximum absolute atomic E-state index is 13.2. The van der Waals surface area contributed by atoms with Gasteiger partial charge in [0.05, 0.1) is 12.0 Å². The highest BCUT2D eigenvalue weighted by Gasteiger charge is 2.27. The SMILES string of the molecule is COc1cc([C@@H](Nc2ccc(C(=N)N)cc2)C(=O)NCc2ccccc2)cc([N+](=O)[O-])c1O. The van der Waals surface area contributed by atoms with E-state index in [1.54, 1.807) is 24.3 Å². The molecule has 0 unspecified atom stereocenters. The van der Waals surface area contributed by atoms with Crippen LogP contribution >= 0.6 is 0 Å². The van der Waals surface area contributed by atoms with E-state index in [4.69, 9.17) is 15.9 Å². The molecule has 0 aliphatic heterocycles. The fourth-order valence-electron chi connectivity index (χ4n) is 3.18. The number of hydrogen-bond donors (Lipinski definition) is 5. The lowest BCUT2D eigenvalue weighted by Gasteiger charge is -2.21. The molecule has 0 aliphatic carbocycles. The number of amidine groups is 1. The van der Waals surface area contributed by atoms with Crippen molar-refractivity contribution in [2.75, 3.05) is 12.4 Å². The third-order valence-electron chi connectivity index (χ3n) is 4.91. The number of nitrogens with two attached hydrogens (primary N) is 1. The summed E-state index contributed by atoms with van der Waals surface area (Å²) in [5.74, 6) is -1.30. The Labute approximate surface area is 189 Å². The second-order valence-corrected chi connectivity index (χ2v) is 7.12. The third kappa shape index (κ3) is 5.56. The Bertz CT molecular complexity index is 1170. The van der Waals surface area contributed by atoms with Crippen LogP contribution in [0.2, 0.25) is 0 Å². The highest BCUT2D eigenvalue weighted by molar-refractivity contribution is 5.95. The summed E-state index contributed by atoms with van der Waals surface area (Å²) in [4.78, 5) is 23.9. The summed E-state index contributed by atoms with van der Waals surface area (Å²) in [6.07, 6.45) is 0. The number of nitro benzene ring substituents is 1. The van der Waals surface area contributed by atoms with E-state index in [1.165, 1.54) is 13.2 Å². The van der Waals surface area contributed by atoms with Crippen molar-refractivity contribution in [2.24, 2.45) is 5.73 Å². The molecule has 0 bridgehead atoms. The molecule has 0 aromatic heterocycles. The number of nitrogen functional groups attached to an aromatic ring is 1. The number of amides is 1. The number of phenolic OH excluding ortho intramolecular Hbond substituents is 1. The maximum atomic E-state index is 13.2. The molecule has 1 atom stereocenters. The third-order valence-corrected chi connectivity index (χ3v) is 4.91. The van der Waals surface area contributed by atoms with Crippen LogP contribution in [0.15, 0.2) is 66.7 Å². The minimum absolute atomic E-state index is 0.0994. The number of benzene rings is 3. The number of phenols is 1. The van der Waals surface area contributed by atoms with Crippen LogP contribution in [-0.4, -0.2) is 28.9 Å². The molecule has 0 heterocycles. The van der Waals surface area contributed by atoms with E-state index in [0.717, 1.165) is 11.6 Å². The first-order valence-electron chi connectivity index (χ1n) is 9.88. The lowest BCUT2D eigenvalue weighted by molar-refractivity contribution is -0.386. The first-order chi connectivity index (χ1) is 15.8. The van der Waals surface area contributed by atoms with Crippen molar-refractivity contribution in [1.82, 2.24) is 5.32 Å². The lowest BCUT2D eigenvalue weighted by Crippen LogP contribution is -2.33. The highest BCUT2D eigenvalue weighted by Crippen LogP contribution is 2.39. The summed E-state index contributed by atoms with van der Waals surface area (Å²) >= 11 is 0. The van der Waals surface area contributed by atoms with Crippen LogP contribution in [0.25, 0.3) is 0 Å². The molecule has 0 saturated heterocycles. The minimum Gasteiger partial charge on any atom is -0.500 e. The standard InChI is InChI=1S/C23H23N5O5/c1-33-19-12-16(11-18(21(19)29)28(31)32)20(23(30)26-13-14-5-3-2-4-6-14)27-17-9-7-15(8-10-17)22(24)25/h2-12,20,27,29H,13H2,1H3,(H3,24,25)(H,26,30)/t20-/m1/s1. The summed E-state index contributed by atoms with van der Waals surface area (Å²) in [6.45, 7) is 0.248. The van der Waals surface area contributed by atoms with Crippen molar-refractivity contribution in [3.8, 4) is 11.5 Å². The number of aromatic hydroxyl groups is 1. The number of hydrogen-bond acceptors (Lipinski definition) is 7. The molecule has 10 heteroatoms. The molecule has 33 heavy (non-hydrogen) atoms. The molecular weight excluding hydrogens is 426 g/mol. The maximum Gasteiger partial charge on any atom is 0.315 e. The van der Waals surface area contributed by atoms with Crippen molar-refractivity contribution in [3.05, 3.63) is 93.5 Å². The van der Waals surface area contributed by atoms with Crippen molar-refractivity contribution in [3.63, 3.8) is 0 Å². The molecule has 0 spiro atoms. The molecule has 3 aromatic rings. The fraction of sp³-hybridized carbons (Fsp3) is 0.130. The summed E-state index contributed by atoms with van der Waals surface area (Å²) in [6, 6.07) is 17.2. The first-order valence-corrected chi connectivity index (χ1v) is 9.88. The largest absolute Gasteiger partial charge is 0.500 e. The lowest BCUT2D eigenvalue weighted by atomic mass is 10.0. The van der Waals surface area contributed by atoms with Gasteiger partial charge in [-0.2, -0.15) is 0 Å². The van der Waals surface area contributed by atoms with Gasteiger partial charge in [-0.05, 0) is 41.5 Å². The Hall–Kier alpha value is -4.60. The Morgan fingerprint density at radius 3 is 2.42 bits per heavy atom. The van der Waals surface area contributed by atoms with Crippen LogP contribution in [0.4, 0.5) is 11.4 Å². The second-order valence-electron chi connectivity index (χ2n) is 7.12. The first kappa shape index (κ1) is 23.1. The number of nitrogens with one attached hydrogen (secondary N) is 3. The van der Waals surface area contributed by atoms with Gasteiger partial charge in [-0.1, -0.05) is 30.3 Å². The van der Waals surface area contributed by atoms with Crippen LogP contribution in [0.3, 0.4) is 0 Å². The van der Waals surface area contributed by atoms with E-state index in [-0.39, 0.29) is 23.7 Å². The van der Waals surface area contributed by atoms with Crippen LogP contribution in [0, 0.1) is 15.5 Å². The number of ether oxygens (including phenoxy) is 1. The van der Waals surface area contributed by atoms with Gasteiger partial charge in [0.25, 0.3) is 0 Å². The van der Waals surface area contributed by atoms with E-state index in [0.29, 0.717) is 11.3 Å². The van der Waals surface area contributed by atoms with Gasteiger partial charge in [0.1, 0.15) is 11.9 Å². The molecular formula is C23H23N5O5. The van der Waals surface area contributed by atoms with Gasteiger partial charge in [0, 0.05) is 23.9 Å². The minimum atomic E-state index is -1.05. The number of rotatable bonds is 9. The molecule has 10 nitrogen and oxygen atoms in total. The normalized spacial score (nSPS) is 11.3. The van der Waals surface area contributed by atoms with E-state index in [2.05, 4.69) is 10.6 Å². The average molecular weight is 449 g/mol. The van der Waals surface area contributed by atoms with Crippen LogP contribution in [-0.2, 0) is 11.3 Å². The number of carbonyl (C=O) groups excluding carboxylic acids is 1. The second kappa shape index (κ2) is 10.1. The monoisotopic (exact) mass is 449 g/mol. The van der Waals surface area contributed by atoms with Crippen LogP contribution < -0.4 is 21.1 Å². The van der Waals surface area contributed by atoms with Gasteiger partial charge < -0.3 is 26.2 Å². The van der Waals surface area contributed by atoms with Crippen molar-refractivity contribution < 1.29 is 19.6 Å². The number of nitrogens with zero attached hydrogens (tertiary/aromatic N) is 1. The van der Waals surface area contributed by atoms with E-state index < -0.39 is 28.3 Å². The number of nitro groups is 1. The fourth-order valence-corrected chi connectivity index (χ4v) is 3.18. The number of carbonyl (C=O) groups is 1. The molecule has 0 aliphatic rings. The zero-order valence-corrected chi connectivity index (χ0v) is 17.7. The molecule has 6 N–H and O–H groups in total. The van der Waals surface area contributed by atoms with Gasteiger partial charge >= 0.3 is 5.69 Å². The topological polar surface area (TPSA) is 164 Å². The molecule has 3 rings (SSSR count). The van der Waals surface area contributed by atoms with Crippen molar-refractivity contribution in [2.45, 2.75) is 12.6 Å². The van der Waals surface area contributed by atoms with E-state index in [1.807, 2.05) is 30.3 Å². The predicted molar refractivity (Wildman–Crippen MR) is 123 cm³/mol. The summed E-state index contributed by atoms with van der Waals surface area (Å²) in [5.41, 5.74) is 7.03. The van der Waals surface area contributed by atoms with Crippen LogP contribution in [0.1, 0.15) is 22.7 Å². The van der Waals surface area contributed by atoms with Gasteiger partial charge in [-0.25, -0.2) is 0 Å². The number of anilines is 1. The Morgan fingerprint density at radius 1 is 1.18 bits per heavy atom. The van der Waals surface area contributed by atoms with Crippen molar-refractivity contribution >= 4 is 23.1 Å². The molecule has 0 radical (unpaired) electrons. The zero-order chi connectivity index (χ0) is 24.0. The predicted octanol–water partition coefficient (Wildman–Crippen LogP) is 3.06. The van der Waals surface area contributed by atoms with Crippen molar-refractivity contribution in [1.29, 1.82) is 5.41 Å². The smallest absolute Gasteiger partial charge is 0.315 e. The molecule has 3 aromatic carbocycles. The molecule has 0 fully saturated rings. The molecule has 170 valence electrons. The Balaban J connectivity index is 1.97. The Kier molecular flexibility index (Phi) is 7.09. The average Bonchev–Trinajstić information content (AvgIpc) is 2.82. The van der Waals surface area contributed by atoms with Gasteiger partial charge in [0.2, 0.25) is 11.7 Å². The zero-order valence-electron chi connectivity index (χ0n) is 17.7. The van der Waals surface area contributed by atoms with Gasteiger partial charge in [-0.15, -0.1) is 0 Å². The number of methoxy groups -OCH3 is 1. The highest BCUT2D eigenvalue weighted by atomic mass is 16.6. The van der Waals surface area contributed by atoms with Gasteiger partial charge in [-0.3, -0.25) is 20.3 Å². The van der Waals surface area contributed by atoms with E-state index >= 15 is 0 Å². The van der Waals surface area contributed by atoms with Crippen LogP contribution in [0.5, 0.6) is 11.5 Å². The summed E-state index contributed by atoms with van der Waals surface area (Å²) in [7, 11) is 1.26. The quantitative estimate of drug-likeness (QED) is 0.145. The molecule has 0 saturated carbocycles. The van der Waals surface area contributed by atoms with Gasteiger partial charge in [0.15, 0.2) is 5.75 Å². The summed E-state index contributed by atoms with van der Waals surface area (Å²) in [5, 5.41) is 34.9. The summed E-state index contributed by atoms with van der Waals surface area (Å²) < 4.78 is 5.08. The van der Waals surface area contributed by atoms with E-state index in [9.17, 15) is 20.0 Å². The Morgan fingerprint density at radius 2 is 1.85 bits per heavy atom.